The van der Waals surface area contributed by atoms with Crippen LogP contribution in [-0.2, 0) is 9.84 Å². The van der Waals surface area contributed by atoms with E-state index in [4.69, 9.17) is 4.74 Å². The van der Waals surface area contributed by atoms with Crippen LogP contribution >= 0.6 is 0 Å². The summed E-state index contributed by atoms with van der Waals surface area (Å²) in [6, 6.07) is 11.2. The lowest BCUT2D eigenvalue weighted by molar-refractivity contribution is 0.0733. The number of esters is 1. The van der Waals surface area contributed by atoms with Crippen molar-refractivity contribution in [2.75, 3.05) is 6.26 Å². The normalized spacial score (nSPS) is 11.2. The third kappa shape index (κ3) is 3.70. The van der Waals surface area contributed by atoms with Gasteiger partial charge in [-0.1, -0.05) is 17.7 Å². The van der Waals surface area contributed by atoms with Gasteiger partial charge in [-0.15, -0.1) is 0 Å². The fourth-order valence-corrected chi connectivity index (χ4v) is 2.54. The summed E-state index contributed by atoms with van der Waals surface area (Å²) >= 11 is 0. The molecule has 5 heteroatoms. The smallest absolute Gasteiger partial charge is 0.343 e. The maximum Gasteiger partial charge on any atom is 0.343 e. The van der Waals surface area contributed by atoms with E-state index in [1.54, 1.807) is 6.07 Å². The van der Waals surface area contributed by atoms with Gasteiger partial charge in [-0.05, 0) is 49.7 Å². The van der Waals surface area contributed by atoms with Crippen LogP contribution in [0.25, 0.3) is 0 Å². The van der Waals surface area contributed by atoms with Crippen LogP contribution in [-0.4, -0.2) is 20.6 Å². The van der Waals surface area contributed by atoms with E-state index in [-0.39, 0.29) is 4.90 Å². The first-order chi connectivity index (χ1) is 9.77. The Morgan fingerprint density at radius 2 is 1.62 bits per heavy atom. The van der Waals surface area contributed by atoms with Gasteiger partial charge < -0.3 is 4.74 Å². The second-order valence-electron chi connectivity index (χ2n) is 4.96. The molecular formula is C16H16O4S. The summed E-state index contributed by atoms with van der Waals surface area (Å²) in [6.45, 7) is 3.82. The molecule has 0 N–H and O–H groups in total. The summed E-state index contributed by atoms with van der Waals surface area (Å²) < 4.78 is 28.1. The molecule has 0 spiro atoms. The van der Waals surface area contributed by atoms with Gasteiger partial charge in [-0.25, -0.2) is 13.2 Å². The fourth-order valence-electron chi connectivity index (χ4n) is 1.91. The highest BCUT2D eigenvalue weighted by Gasteiger charge is 2.12. The topological polar surface area (TPSA) is 60.4 Å². The van der Waals surface area contributed by atoms with Crippen LogP contribution in [0.3, 0.4) is 0 Å². The third-order valence-electron chi connectivity index (χ3n) is 3.05. The number of benzene rings is 2. The molecule has 4 nitrogen and oxygen atoms in total. The summed E-state index contributed by atoms with van der Waals surface area (Å²) in [5, 5.41) is 0. The van der Waals surface area contributed by atoms with Crippen LogP contribution < -0.4 is 4.74 Å². The molecule has 0 aliphatic rings. The largest absolute Gasteiger partial charge is 0.423 e. The molecule has 0 amide bonds. The molecule has 2 rings (SSSR count). The fraction of sp³-hybridized carbons (Fsp3) is 0.188. The Kier molecular flexibility index (Phi) is 4.14. The highest BCUT2D eigenvalue weighted by atomic mass is 32.2. The van der Waals surface area contributed by atoms with Crippen molar-refractivity contribution in [2.45, 2.75) is 18.7 Å². The molecule has 0 heterocycles. The Balaban J connectivity index is 2.21. The van der Waals surface area contributed by atoms with Crippen molar-refractivity contribution in [3.63, 3.8) is 0 Å². The number of aryl methyl sites for hydroxylation is 2. The Labute approximate surface area is 124 Å². The van der Waals surface area contributed by atoms with E-state index in [0.29, 0.717) is 11.3 Å². The molecule has 0 bridgehead atoms. The van der Waals surface area contributed by atoms with Gasteiger partial charge in [0.25, 0.3) is 0 Å². The minimum atomic E-state index is -3.27. The van der Waals surface area contributed by atoms with Crippen molar-refractivity contribution in [3.8, 4) is 5.75 Å². The van der Waals surface area contributed by atoms with Gasteiger partial charge in [0.15, 0.2) is 9.84 Å². The first-order valence-electron chi connectivity index (χ1n) is 6.37. The zero-order chi connectivity index (χ0) is 15.6. The highest BCUT2D eigenvalue weighted by molar-refractivity contribution is 7.90. The SMILES string of the molecule is Cc1ccc(OC(=O)c2ccc(S(C)(=O)=O)cc2)c(C)c1. The van der Waals surface area contributed by atoms with Crippen LogP contribution in [0.5, 0.6) is 5.75 Å². The van der Waals surface area contributed by atoms with Crippen molar-refractivity contribution in [3.05, 3.63) is 59.2 Å². The first kappa shape index (κ1) is 15.3. The molecule has 21 heavy (non-hydrogen) atoms. The molecule has 0 fully saturated rings. The predicted molar refractivity (Wildman–Crippen MR) is 80.4 cm³/mol. The van der Waals surface area contributed by atoms with Crippen LogP contribution in [0, 0.1) is 13.8 Å². The Hall–Kier alpha value is -2.14. The molecule has 0 unspecified atom stereocenters. The summed E-state index contributed by atoms with van der Waals surface area (Å²) in [5.74, 6) is -0.0141. The van der Waals surface area contributed by atoms with Crippen LogP contribution in [0.1, 0.15) is 21.5 Å². The molecule has 0 radical (unpaired) electrons. The summed E-state index contributed by atoms with van der Waals surface area (Å²) in [6.07, 6.45) is 1.12. The van der Waals surface area contributed by atoms with E-state index in [1.807, 2.05) is 26.0 Å². The van der Waals surface area contributed by atoms with Gasteiger partial charge in [0.1, 0.15) is 5.75 Å². The van der Waals surface area contributed by atoms with E-state index in [2.05, 4.69) is 0 Å². The van der Waals surface area contributed by atoms with E-state index in [9.17, 15) is 13.2 Å². The second kappa shape index (κ2) is 5.69. The van der Waals surface area contributed by atoms with Crippen molar-refractivity contribution in [1.82, 2.24) is 0 Å². The van der Waals surface area contributed by atoms with Crippen molar-refractivity contribution in [2.24, 2.45) is 0 Å². The number of carbonyl (C=O) groups excluding carboxylic acids is 1. The third-order valence-corrected chi connectivity index (χ3v) is 4.18. The lowest BCUT2D eigenvalue weighted by atomic mass is 10.1. The number of hydrogen-bond acceptors (Lipinski definition) is 4. The van der Waals surface area contributed by atoms with Crippen molar-refractivity contribution < 1.29 is 17.9 Å². The van der Waals surface area contributed by atoms with Gasteiger partial charge in [-0.3, -0.25) is 0 Å². The zero-order valence-corrected chi connectivity index (χ0v) is 12.9. The maximum absolute atomic E-state index is 12.0. The molecule has 110 valence electrons. The lowest BCUT2D eigenvalue weighted by Gasteiger charge is -2.08. The molecule has 2 aromatic rings. The molecule has 2 aromatic carbocycles. The van der Waals surface area contributed by atoms with Gasteiger partial charge in [0.05, 0.1) is 10.5 Å². The van der Waals surface area contributed by atoms with Gasteiger partial charge in [-0.2, -0.15) is 0 Å². The molecular weight excluding hydrogens is 288 g/mol. The first-order valence-corrected chi connectivity index (χ1v) is 8.26. The summed E-state index contributed by atoms with van der Waals surface area (Å²) in [5.41, 5.74) is 2.27. The van der Waals surface area contributed by atoms with E-state index in [0.717, 1.165) is 17.4 Å². The van der Waals surface area contributed by atoms with Crippen molar-refractivity contribution >= 4 is 15.8 Å². The molecule has 0 atom stereocenters. The molecule has 0 saturated heterocycles. The summed E-state index contributed by atoms with van der Waals surface area (Å²) in [4.78, 5) is 12.2. The highest BCUT2D eigenvalue weighted by Crippen LogP contribution is 2.20. The minimum Gasteiger partial charge on any atom is -0.423 e. The van der Waals surface area contributed by atoms with E-state index in [1.165, 1.54) is 24.3 Å². The number of ether oxygens (including phenoxy) is 1. The van der Waals surface area contributed by atoms with Crippen molar-refractivity contribution in [1.29, 1.82) is 0 Å². The van der Waals surface area contributed by atoms with Crippen LogP contribution in [0.15, 0.2) is 47.4 Å². The van der Waals surface area contributed by atoms with Gasteiger partial charge >= 0.3 is 5.97 Å². The second-order valence-corrected chi connectivity index (χ2v) is 6.97. The molecule has 0 saturated carbocycles. The van der Waals surface area contributed by atoms with E-state index >= 15 is 0 Å². The minimum absolute atomic E-state index is 0.172. The number of hydrogen-bond donors (Lipinski definition) is 0. The maximum atomic E-state index is 12.0. The molecule has 0 aliphatic heterocycles. The average molecular weight is 304 g/mol. The van der Waals surface area contributed by atoms with E-state index < -0.39 is 15.8 Å². The standard InChI is InChI=1S/C16H16O4S/c1-11-4-9-15(12(2)10-11)20-16(17)13-5-7-14(8-6-13)21(3,18)19/h4-10H,1-3H3. The monoisotopic (exact) mass is 304 g/mol. The number of sulfone groups is 1. The average Bonchev–Trinajstić information content (AvgIpc) is 2.41. The van der Waals surface area contributed by atoms with Crippen LogP contribution in [0.4, 0.5) is 0 Å². The number of rotatable bonds is 3. The Morgan fingerprint density at radius 1 is 1.00 bits per heavy atom. The molecule has 0 aliphatic carbocycles. The zero-order valence-electron chi connectivity index (χ0n) is 12.1. The Bertz CT molecular complexity index is 774. The summed E-state index contributed by atoms with van der Waals surface area (Å²) in [7, 11) is -3.27. The quantitative estimate of drug-likeness (QED) is 0.646. The Morgan fingerprint density at radius 3 is 2.14 bits per heavy atom. The predicted octanol–water partition coefficient (Wildman–Crippen LogP) is 2.93. The molecule has 0 aromatic heterocycles. The van der Waals surface area contributed by atoms with Crippen LogP contribution in [0.2, 0.25) is 0 Å². The number of carbonyl (C=O) groups is 1. The van der Waals surface area contributed by atoms with Gasteiger partial charge in [0, 0.05) is 6.26 Å². The lowest BCUT2D eigenvalue weighted by Crippen LogP contribution is -2.09. The van der Waals surface area contributed by atoms with Gasteiger partial charge in [0.2, 0.25) is 0 Å².